The molecule has 0 aromatic heterocycles. The van der Waals surface area contributed by atoms with Gasteiger partial charge in [-0.25, -0.2) is 0 Å². The van der Waals surface area contributed by atoms with Crippen LogP contribution < -0.4 is 5.73 Å². The Balaban J connectivity index is 2.36. The third kappa shape index (κ3) is 2.47. The monoisotopic (exact) mass is 198 g/mol. The minimum Gasteiger partial charge on any atom is -0.344 e. The zero-order valence-electron chi connectivity index (χ0n) is 9.55. The van der Waals surface area contributed by atoms with Crippen LogP contribution in [-0.2, 0) is 4.79 Å². The van der Waals surface area contributed by atoms with Gasteiger partial charge in [0, 0.05) is 13.6 Å². The lowest BCUT2D eigenvalue weighted by molar-refractivity contribution is -0.138. The first-order valence-corrected chi connectivity index (χ1v) is 5.50. The number of nitrogens with two attached hydrogens (primary N) is 1. The first-order valence-electron chi connectivity index (χ1n) is 5.50. The molecule has 1 saturated carbocycles. The van der Waals surface area contributed by atoms with Gasteiger partial charge in [-0.1, -0.05) is 13.8 Å². The molecular formula is C11H22N2O. The first-order chi connectivity index (χ1) is 6.46. The quantitative estimate of drug-likeness (QED) is 0.741. The highest BCUT2D eigenvalue weighted by atomic mass is 16.2. The van der Waals surface area contributed by atoms with Crippen molar-refractivity contribution in [2.75, 3.05) is 13.6 Å². The summed E-state index contributed by atoms with van der Waals surface area (Å²) in [5, 5.41) is 0. The maximum Gasteiger partial charge on any atom is 0.242 e. The van der Waals surface area contributed by atoms with Crippen LogP contribution in [0, 0.1) is 5.92 Å². The molecule has 0 radical (unpaired) electrons. The van der Waals surface area contributed by atoms with Gasteiger partial charge in [0.2, 0.25) is 5.91 Å². The van der Waals surface area contributed by atoms with Crippen molar-refractivity contribution >= 4 is 5.91 Å². The van der Waals surface area contributed by atoms with Gasteiger partial charge in [0.15, 0.2) is 0 Å². The van der Waals surface area contributed by atoms with Gasteiger partial charge in [-0.3, -0.25) is 4.79 Å². The molecule has 3 nitrogen and oxygen atoms in total. The summed E-state index contributed by atoms with van der Waals surface area (Å²) >= 11 is 0. The van der Waals surface area contributed by atoms with Gasteiger partial charge in [0.05, 0.1) is 5.54 Å². The largest absolute Gasteiger partial charge is 0.344 e. The fourth-order valence-electron chi connectivity index (χ4n) is 1.71. The van der Waals surface area contributed by atoms with E-state index in [1.807, 2.05) is 7.05 Å². The van der Waals surface area contributed by atoms with Crippen LogP contribution in [0.3, 0.4) is 0 Å². The van der Waals surface area contributed by atoms with Crippen LogP contribution in [-0.4, -0.2) is 29.9 Å². The Kier molecular flexibility index (Phi) is 3.53. The van der Waals surface area contributed by atoms with E-state index >= 15 is 0 Å². The lowest BCUT2D eigenvalue weighted by atomic mass is 9.76. The third-order valence-electron chi connectivity index (χ3n) is 3.06. The van der Waals surface area contributed by atoms with Crippen LogP contribution in [0.1, 0.15) is 39.5 Å². The van der Waals surface area contributed by atoms with E-state index in [4.69, 9.17) is 5.73 Å². The molecule has 1 aliphatic carbocycles. The zero-order chi connectivity index (χ0) is 10.8. The molecule has 0 atom stereocenters. The molecule has 0 heterocycles. The standard InChI is InChI=1S/C11H22N2O/c1-9(2)5-8-13(3)10(14)11(12)6-4-7-11/h9H,4-8,12H2,1-3H3. The van der Waals surface area contributed by atoms with Gasteiger partial charge in [-0.05, 0) is 31.6 Å². The fourth-order valence-corrected chi connectivity index (χ4v) is 1.71. The molecule has 0 spiro atoms. The second kappa shape index (κ2) is 4.30. The highest BCUT2D eigenvalue weighted by molar-refractivity contribution is 5.86. The predicted molar refractivity (Wildman–Crippen MR) is 57.9 cm³/mol. The number of amides is 1. The number of nitrogens with zero attached hydrogens (tertiary/aromatic N) is 1. The molecular weight excluding hydrogens is 176 g/mol. The Morgan fingerprint density at radius 3 is 2.43 bits per heavy atom. The second-order valence-electron chi connectivity index (χ2n) is 4.92. The van der Waals surface area contributed by atoms with Crippen LogP contribution in [0.25, 0.3) is 0 Å². The van der Waals surface area contributed by atoms with Crippen molar-refractivity contribution in [2.45, 2.75) is 45.1 Å². The first kappa shape index (κ1) is 11.5. The molecule has 1 fully saturated rings. The van der Waals surface area contributed by atoms with Crippen molar-refractivity contribution in [1.82, 2.24) is 4.90 Å². The van der Waals surface area contributed by atoms with Crippen LogP contribution in [0.15, 0.2) is 0 Å². The minimum atomic E-state index is -0.522. The summed E-state index contributed by atoms with van der Waals surface area (Å²) in [7, 11) is 1.86. The van der Waals surface area contributed by atoms with Gasteiger partial charge >= 0.3 is 0 Å². The summed E-state index contributed by atoms with van der Waals surface area (Å²) in [6, 6.07) is 0. The number of carbonyl (C=O) groups excluding carboxylic acids is 1. The number of rotatable bonds is 4. The van der Waals surface area contributed by atoms with E-state index < -0.39 is 5.54 Å². The molecule has 0 aromatic carbocycles. The lowest BCUT2D eigenvalue weighted by Crippen LogP contribution is -2.58. The second-order valence-corrected chi connectivity index (χ2v) is 4.92. The Labute approximate surface area is 86.6 Å². The van der Waals surface area contributed by atoms with E-state index in [2.05, 4.69) is 13.8 Å². The van der Waals surface area contributed by atoms with Crippen molar-refractivity contribution in [3.8, 4) is 0 Å². The average Bonchev–Trinajstić information content (AvgIpc) is 2.09. The Hall–Kier alpha value is -0.570. The maximum absolute atomic E-state index is 11.9. The number of hydrogen-bond donors (Lipinski definition) is 1. The van der Waals surface area contributed by atoms with Crippen LogP contribution in [0.2, 0.25) is 0 Å². The summed E-state index contributed by atoms with van der Waals surface area (Å²) in [5.41, 5.74) is 5.44. The van der Waals surface area contributed by atoms with Gasteiger partial charge in [-0.15, -0.1) is 0 Å². The highest BCUT2D eigenvalue weighted by Crippen LogP contribution is 2.30. The van der Waals surface area contributed by atoms with E-state index in [-0.39, 0.29) is 5.91 Å². The normalized spacial score (nSPS) is 19.2. The van der Waals surface area contributed by atoms with Gasteiger partial charge in [0.25, 0.3) is 0 Å². The summed E-state index contributed by atoms with van der Waals surface area (Å²) in [5.74, 6) is 0.768. The predicted octanol–water partition coefficient (Wildman–Crippen LogP) is 1.37. The molecule has 82 valence electrons. The molecule has 1 aliphatic rings. The molecule has 0 unspecified atom stereocenters. The lowest BCUT2D eigenvalue weighted by Gasteiger charge is -2.39. The summed E-state index contributed by atoms with van der Waals surface area (Å²) in [6.07, 6.45) is 3.87. The smallest absolute Gasteiger partial charge is 0.242 e. The van der Waals surface area contributed by atoms with Gasteiger partial charge in [0.1, 0.15) is 0 Å². The molecule has 0 bridgehead atoms. The minimum absolute atomic E-state index is 0.129. The maximum atomic E-state index is 11.9. The summed E-state index contributed by atoms with van der Waals surface area (Å²) in [6.45, 7) is 5.16. The number of likely N-dealkylation sites (N-methyl/N-ethyl adjacent to an activating group) is 1. The van der Waals surface area contributed by atoms with E-state index in [0.717, 1.165) is 32.2 Å². The molecule has 0 aliphatic heterocycles. The molecule has 2 N–H and O–H groups in total. The van der Waals surface area contributed by atoms with Crippen LogP contribution in [0.4, 0.5) is 0 Å². The molecule has 0 aromatic rings. The van der Waals surface area contributed by atoms with Gasteiger partial charge in [-0.2, -0.15) is 0 Å². The topological polar surface area (TPSA) is 46.3 Å². The molecule has 3 heteroatoms. The van der Waals surface area contributed by atoms with E-state index in [0.29, 0.717) is 5.92 Å². The van der Waals surface area contributed by atoms with E-state index in [9.17, 15) is 4.79 Å². The number of carbonyl (C=O) groups is 1. The Morgan fingerprint density at radius 1 is 1.50 bits per heavy atom. The average molecular weight is 198 g/mol. The SMILES string of the molecule is CC(C)CCN(C)C(=O)C1(N)CCC1. The van der Waals surface area contributed by atoms with E-state index in [1.165, 1.54) is 0 Å². The van der Waals surface area contributed by atoms with Crippen molar-refractivity contribution in [2.24, 2.45) is 11.7 Å². The number of hydrogen-bond acceptors (Lipinski definition) is 2. The van der Waals surface area contributed by atoms with Crippen molar-refractivity contribution in [3.05, 3.63) is 0 Å². The van der Waals surface area contributed by atoms with Crippen molar-refractivity contribution in [1.29, 1.82) is 0 Å². The fraction of sp³-hybridized carbons (Fsp3) is 0.909. The molecule has 0 saturated heterocycles. The van der Waals surface area contributed by atoms with Crippen molar-refractivity contribution in [3.63, 3.8) is 0 Å². The van der Waals surface area contributed by atoms with Crippen LogP contribution >= 0.6 is 0 Å². The van der Waals surface area contributed by atoms with Crippen LogP contribution in [0.5, 0.6) is 0 Å². The highest BCUT2D eigenvalue weighted by Gasteiger charge is 2.41. The molecule has 1 rings (SSSR count). The Morgan fingerprint density at radius 2 is 2.07 bits per heavy atom. The van der Waals surface area contributed by atoms with Crippen molar-refractivity contribution < 1.29 is 4.79 Å². The molecule has 1 amide bonds. The summed E-state index contributed by atoms with van der Waals surface area (Å²) in [4.78, 5) is 13.7. The van der Waals surface area contributed by atoms with Gasteiger partial charge < -0.3 is 10.6 Å². The summed E-state index contributed by atoms with van der Waals surface area (Å²) < 4.78 is 0. The third-order valence-corrected chi connectivity index (χ3v) is 3.06. The molecule has 14 heavy (non-hydrogen) atoms. The zero-order valence-corrected chi connectivity index (χ0v) is 9.55. The van der Waals surface area contributed by atoms with E-state index in [1.54, 1.807) is 4.90 Å². The Bertz CT molecular complexity index is 209.